The van der Waals surface area contributed by atoms with Crippen LogP contribution in [0, 0.1) is 5.92 Å². The Morgan fingerprint density at radius 1 is 1.16 bits per heavy atom. The summed E-state index contributed by atoms with van der Waals surface area (Å²) >= 11 is 0. The molecular weight excluding hydrogens is 390 g/mol. The van der Waals surface area contributed by atoms with Crippen LogP contribution in [0.25, 0.3) is 10.9 Å². The van der Waals surface area contributed by atoms with Crippen molar-refractivity contribution >= 4 is 16.7 Å². The lowest BCUT2D eigenvalue weighted by atomic mass is 9.89. The third kappa shape index (κ3) is 3.82. The molecule has 1 saturated heterocycles. The fourth-order valence-electron chi connectivity index (χ4n) is 4.88. The van der Waals surface area contributed by atoms with Gasteiger partial charge < -0.3 is 4.98 Å². The van der Waals surface area contributed by atoms with Crippen LogP contribution in [-0.4, -0.2) is 26.9 Å². The number of nitrogens with one attached hydrogen (secondary N) is 1. The molecule has 1 aliphatic heterocycles. The van der Waals surface area contributed by atoms with Crippen molar-refractivity contribution in [2.24, 2.45) is 5.92 Å². The molecule has 1 saturated carbocycles. The minimum Gasteiger partial charge on any atom is -0.310 e. The van der Waals surface area contributed by atoms with Crippen LogP contribution in [0.4, 0.5) is 0 Å². The number of carbonyl (C=O) groups excluding carboxylic acids is 1. The van der Waals surface area contributed by atoms with E-state index in [0.717, 1.165) is 42.6 Å². The van der Waals surface area contributed by atoms with Gasteiger partial charge in [0.25, 0.3) is 5.56 Å². The van der Waals surface area contributed by atoms with Crippen molar-refractivity contribution in [3.8, 4) is 0 Å². The van der Waals surface area contributed by atoms with Crippen molar-refractivity contribution in [3.63, 3.8) is 0 Å². The molecule has 3 atom stereocenters. The molecule has 5 rings (SSSR count). The standard InChI is InChI=1S/C25H27N3O3/c1-2-3-9-22-26-19-11-10-17(14-18(19)25(30)27-22)24-23-20(29)12-13-21(23)31-28(24)15-16-7-5-4-6-8-16/h4-8,10-11,14,21,23-24H,2-3,9,12-13,15H2,1H3,(H,26,27,30)/t21-,23+,24+/m1/s1. The first kappa shape index (κ1) is 20.1. The van der Waals surface area contributed by atoms with Gasteiger partial charge in [-0.15, -0.1) is 0 Å². The van der Waals surface area contributed by atoms with Gasteiger partial charge in [0.2, 0.25) is 0 Å². The number of aromatic amines is 1. The maximum Gasteiger partial charge on any atom is 0.258 e. The molecule has 1 aliphatic carbocycles. The molecule has 2 aromatic carbocycles. The van der Waals surface area contributed by atoms with Crippen molar-refractivity contribution in [2.75, 3.05) is 0 Å². The highest BCUT2D eigenvalue weighted by Gasteiger charge is 2.51. The number of nitrogens with zero attached hydrogens (tertiary/aromatic N) is 2. The quantitative estimate of drug-likeness (QED) is 0.653. The van der Waals surface area contributed by atoms with Crippen molar-refractivity contribution in [3.05, 3.63) is 75.8 Å². The van der Waals surface area contributed by atoms with Gasteiger partial charge in [-0.25, -0.2) is 4.98 Å². The summed E-state index contributed by atoms with van der Waals surface area (Å²) < 4.78 is 0. The molecule has 0 radical (unpaired) electrons. The summed E-state index contributed by atoms with van der Waals surface area (Å²) in [5.41, 5.74) is 2.63. The number of hydrogen-bond acceptors (Lipinski definition) is 5. The zero-order chi connectivity index (χ0) is 21.4. The summed E-state index contributed by atoms with van der Waals surface area (Å²) in [5.74, 6) is 0.776. The van der Waals surface area contributed by atoms with E-state index in [4.69, 9.17) is 4.84 Å². The minimum absolute atomic E-state index is 0.0928. The molecule has 0 unspecified atom stereocenters. The lowest BCUT2D eigenvalue weighted by molar-refractivity contribution is -0.171. The number of H-pyrrole nitrogens is 1. The van der Waals surface area contributed by atoms with Gasteiger partial charge in [0, 0.05) is 19.4 Å². The highest BCUT2D eigenvalue weighted by Crippen LogP contribution is 2.46. The van der Waals surface area contributed by atoms with E-state index >= 15 is 0 Å². The molecule has 0 spiro atoms. The first-order valence-electron chi connectivity index (χ1n) is 11.2. The van der Waals surface area contributed by atoms with E-state index in [1.165, 1.54) is 0 Å². The molecule has 160 valence electrons. The monoisotopic (exact) mass is 417 g/mol. The summed E-state index contributed by atoms with van der Waals surface area (Å²) in [6, 6.07) is 15.7. The molecule has 6 nitrogen and oxygen atoms in total. The third-order valence-corrected chi connectivity index (χ3v) is 6.44. The van der Waals surface area contributed by atoms with E-state index in [-0.39, 0.29) is 29.4 Å². The topological polar surface area (TPSA) is 75.3 Å². The predicted molar refractivity (Wildman–Crippen MR) is 118 cm³/mol. The van der Waals surface area contributed by atoms with Gasteiger partial charge in [-0.05, 0) is 36.1 Å². The van der Waals surface area contributed by atoms with E-state index in [1.807, 2.05) is 41.5 Å². The number of rotatable bonds is 6. The molecule has 1 N–H and O–H groups in total. The van der Waals surface area contributed by atoms with Crippen LogP contribution < -0.4 is 5.56 Å². The second kappa shape index (κ2) is 8.36. The fourth-order valence-corrected chi connectivity index (χ4v) is 4.88. The van der Waals surface area contributed by atoms with Crippen molar-refractivity contribution in [1.29, 1.82) is 0 Å². The molecule has 2 aliphatic rings. The van der Waals surface area contributed by atoms with E-state index < -0.39 is 0 Å². The number of benzene rings is 2. The minimum atomic E-state index is -0.205. The van der Waals surface area contributed by atoms with Crippen molar-refractivity contribution in [1.82, 2.24) is 15.0 Å². The third-order valence-electron chi connectivity index (χ3n) is 6.44. The fraction of sp³-hybridized carbons (Fsp3) is 0.400. The molecule has 1 aromatic heterocycles. The highest BCUT2D eigenvalue weighted by molar-refractivity contribution is 5.85. The number of Topliss-reactive ketones (excluding diaryl/α,β-unsaturated/α-hetero) is 1. The van der Waals surface area contributed by atoms with Gasteiger partial charge in [-0.3, -0.25) is 14.4 Å². The Bertz CT molecular complexity index is 1160. The number of aryl methyl sites for hydroxylation is 1. The number of fused-ring (bicyclic) bond motifs is 2. The Labute approximate surface area is 181 Å². The molecule has 2 heterocycles. The van der Waals surface area contributed by atoms with Gasteiger partial charge >= 0.3 is 0 Å². The molecule has 6 heteroatoms. The van der Waals surface area contributed by atoms with Gasteiger partial charge in [-0.2, -0.15) is 5.06 Å². The Morgan fingerprint density at radius 3 is 2.81 bits per heavy atom. The molecule has 0 amide bonds. The summed E-state index contributed by atoms with van der Waals surface area (Å²) in [5, 5.41) is 2.49. The summed E-state index contributed by atoms with van der Waals surface area (Å²) in [6.45, 7) is 2.71. The van der Waals surface area contributed by atoms with Crippen LogP contribution in [0.5, 0.6) is 0 Å². The van der Waals surface area contributed by atoms with Crippen LogP contribution in [0.1, 0.15) is 55.6 Å². The Hall–Kier alpha value is -2.83. The molecule has 31 heavy (non-hydrogen) atoms. The van der Waals surface area contributed by atoms with E-state index in [0.29, 0.717) is 23.9 Å². The zero-order valence-corrected chi connectivity index (χ0v) is 17.7. The second-order valence-electron chi connectivity index (χ2n) is 8.57. The lowest BCUT2D eigenvalue weighted by Crippen LogP contribution is -2.27. The van der Waals surface area contributed by atoms with Gasteiger partial charge in [0.1, 0.15) is 11.6 Å². The van der Waals surface area contributed by atoms with E-state index in [1.54, 1.807) is 0 Å². The first-order chi connectivity index (χ1) is 15.1. The average Bonchev–Trinajstić information content (AvgIpc) is 3.32. The van der Waals surface area contributed by atoms with Crippen molar-refractivity contribution < 1.29 is 9.63 Å². The van der Waals surface area contributed by atoms with Crippen molar-refractivity contribution in [2.45, 2.75) is 57.7 Å². The molecule has 0 bridgehead atoms. The number of ketones is 1. The van der Waals surface area contributed by atoms with Gasteiger partial charge in [-0.1, -0.05) is 49.7 Å². The Morgan fingerprint density at radius 2 is 2.00 bits per heavy atom. The van der Waals surface area contributed by atoms with Gasteiger partial charge in [0.05, 0.1) is 29.0 Å². The second-order valence-corrected chi connectivity index (χ2v) is 8.57. The summed E-state index contributed by atoms with van der Waals surface area (Å²) in [7, 11) is 0. The summed E-state index contributed by atoms with van der Waals surface area (Å²) in [4.78, 5) is 39.3. The Balaban J connectivity index is 1.52. The van der Waals surface area contributed by atoms with Crippen LogP contribution in [0.2, 0.25) is 0 Å². The van der Waals surface area contributed by atoms with E-state index in [9.17, 15) is 9.59 Å². The lowest BCUT2D eigenvalue weighted by Gasteiger charge is -2.25. The van der Waals surface area contributed by atoms with E-state index in [2.05, 4.69) is 29.0 Å². The predicted octanol–water partition coefficient (Wildman–Crippen LogP) is 4.10. The normalized spacial score (nSPS) is 23.5. The number of hydroxylamine groups is 2. The molecular formula is C25H27N3O3. The maximum atomic E-state index is 12.8. The molecule has 2 fully saturated rings. The van der Waals surface area contributed by atoms with Crippen LogP contribution in [0.3, 0.4) is 0 Å². The number of hydrogen-bond donors (Lipinski definition) is 1. The maximum absolute atomic E-state index is 12.8. The van der Waals surface area contributed by atoms with Crippen LogP contribution in [-0.2, 0) is 22.6 Å². The number of unbranched alkanes of at least 4 members (excludes halogenated alkanes) is 1. The largest absolute Gasteiger partial charge is 0.310 e. The molecule has 3 aromatic rings. The zero-order valence-electron chi connectivity index (χ0n) is 17.7. The van der Waals surface area contributed by atoms with Crippen LogP contribution >= 0.6 is 0 Å². The Kier molecular flexibility index (Phi) is 5.42. The number of aromatic nitrogens is 2. The smallest absolute Gasteiger partial charge is 0.258 e. The highest BCUT2D eigenvalue weighted by atomic mass is 16.7. The first-order valence-corrected chi connectivity index (χ1v) is 11.2. The average molecular weight is 418 g/mol. The number of carbonyl (C=O) groups is 1. The SMILES string of the molecule is CCCCc1nc2ccc([C@H]3[C@H]4C(=O)CC[C@H]4ON3Cc3ccccc3)cc2c(=O)[nH]1. The van der Waals surface area contributed by atoms with Gasteiger partial charge in [0.15, 0.2) is 0 Å². The summed E-state index contributed by atoms with van der Waals surface area (Å²) in [6.07, 6.45) is 4.03. The van der Waals surface area contributed by atoms with Crippen LogP contribution in [0.15, 0.2) is 53.3 Å².